The van der Waals surface area contributed by atoms with E-state index in [0.717, 1.165) is 0 Å². The zero-order chi connectivity index (χ0) is 10.4. The molecule has 5 nitrogen and oxygen atoms in total. The average Bonchev–Trinajstić information content (AvgIpc) is 2.14. The highest BCUT2D eigenvalue weighted by Gasteiger charge is 2.05. The maximum atomic E-state index is 9.94. The van der Waals surface area contributed by atoms with E-state index < -0.39 is 5.88 Å². The number of aliphatic hydroxyl groups excluding tert-OH is 1. The van der Waals surface area contributed by atoms with Crippen LogP contribution in [0.4, 0.5) is 0 Å². The number of nitrogens with one attached hydrogen (secondary N) is 1. The van der Waals surface area contributed by atoms with Gasteiger partial charge >= 0.3 is 0 Å². The molecule has 0 aliphatic carbocycles. The molecule has 0 aliphatic rings. The van der Waals surface area contributed by atoms with E-state index in [9.17, 15) is 4.79 Å². The van der Waals surface area contributed by atoms with Gasteiger partial charge in [0.1, 0.15) is 0 Å². The van der Waals surface area contributed by atoms with Crippen LogP contribution in [0, 0.1) is 11.3 Å². The van der Waals surface area contributed by atoms with E-state index in [1.807, 2.05) is 11.4 Å². The lowest BCUT2D eigenvalue weighted by Gasteiger charge is -2.05. The van der Waals surface area contributed by atoms with E-state index in [2.05, 4.69) is 0 Å². The fourth-order valence-electron chi connectivity index (χ4n) is 0.597. The average molecular weight is 181 g/mol. The predicted octanol–water partition coefficient (Wildman–Crippen LogP) is 0.278. The molecule has 5 heteroatoms. The number of aliphatic hydroxyl groups is 1. The van der Waals surface area contributed by atoms with Crippen LogP contribution in [-0.4, -0.2) is 11.5 Å². The van der Waals surface area contributed by atoms with E-state index in [0.29, 0.717) is 17.6 Å². The van der Waals surface area contributed by atoms with Gasteiger partial charge in [0.15, 0.2) is 0 Å². The Morgan fingerprint density at radius 3 is 2.54 bits per heavy atom. The first-order valence-electron chi connectivity index (χ1n) is 3.51. The minimum atomic E-state index is -0.442. The quantitative estimate of drug-likeness (QED) is 0.252. The summed E-state index contributed by atoms with van der Waals surface area (Å²) in [5.74, 6) is -0.442. The van der Waals surface area contributed by atoms with Crippen molar-refractivity contribution in [3.63, 3.8) is 0 Å². The van der Waals surface area contributed by atoms with Gasteiger partial charge in [0.2, 0.25) is 12.3 Å². The molecule has 13 heavy (non-hydrogen) atoms. The summed E-state index contributed by atoms with van der Waals surface area (Å²) < 4.78 is 0. The second kappa shape index (κ2) is 4.83. The van der Waals surface area contributed by atoms with E-state index >= 15 is 0 Å². The van der Waals surface area contributed by atoms with Gasteiger partial charge in [0.05, 0.1) is 11.8 Å². The molecule has 0 aromatic heterocycles. The summed E-state index contributed by atoms with van der Waals surface area (Å²) in [7, 11) is 0. The summed E-state index contributed by atoms with van der Waals surface area (Å²) in [4.78, 5) is 9.94. The first-order valence-corrected chi connectivity index (χ1v) is 3.51. The lowest BCUT2D eigenvalue weighted by atomic mass is 10.1. The Morgan fingerprint density at radius 2 is 2.15 bits per heavy atom. The van der Waals surface area contributed by atoms with Gasteiger partial charge in [-0.25, -0.2) is 0 Å². The van der Waals surface area contributed by atoms with Crippen LogP contribution >= 0.6 is 0 Å². The first-order chi connectivity index (χ1) is 6.04. The molecule has 0 rings (SSSR count). The fourth-order valence-corrected chi connectivity index (χ4v) is 0.597. The maximum Gasteiger partial charge on any atom is 0.214 e. The van der Waals surface area contributed by atoms with Crippen LogP contribution in [0.15, 0.2) is 22.7 Å². The molecule has 0 aromatic rings. The van der Waals surface area contributed by atoms with Crippen molar-refractivity contribution in [3.05, 3.63) is 22.7 Å². The number of hydrogen-bond acceptors (Lipinski definition) is 4. The van der Waals surface area contributed by atoms with Crippen molar-refractivity contribution < 1.29 is 9.90 Å². The molecule has 0 aromatic carbocycles. The molecule has 0 spiro atoms. The third-order valence-electron chi connectivity index (χ3n) is 1.58. The predicted molar refractivity (Wildman–Crippen MR) is 47.0 cm³/mol. The van der Waals surface area contributed by atoms with Crippen molar-refractivity contribution in [2.45, 2.75) is 13.8 Å². The van der Waals surface area contributed by atoms with E-state index in [1.165, 1.54) is 0 Å². The number of rotatable bonds is 3. The minimum Gasteiger partial charge on any atom is -0.493 e. The number of carbonyl (C=O) groups is 1. The Hall–Kier alpha value is -1.96. The van der Waals surface area contributed by atoms with Crippen molar-refractivity contribution in [3.8, 4) is 6.07 Å². The molecule has 0 radical (unpaired) electrons. The van der Waals surface area contributed by atoms with Gasteiger partial charge in [-0.05, 0) is 19.4 Å². The number of nitriles is 1. The van der Waals surface area contributed by atoms with Crippen LogP contribution in [0.1, 0.15) is 13.8 Å². The van der Waals surface area contributed by atoms with Gasteiger partial charge in [-0.2, -0.15) is 5.26 Å². The standard InChI is InChI=1S/C8H11N3O2/c1-5(3-9)6(2)7(10)8(13)11-4-12/h4,13H,10H2,1-2H3,(H,11,12)/b6-5+,8-7-. The van der Waals surface area contributed by atoms with Gasteiger partial charge in [-0.15, -0.1) is 0 Å². The maximum absolute atomic E-state index is 9.94. The van der Waals surface area contributed by atoms with Crippen LogP contribution in [-0.2, 0) is 4.79 Å². The molecule has 4 N–H and O–H groups in total. The van der Waals surface area contributed by atoms with Gasteiger partial charge in [-0.3, -0.25) is 10.1 Å². The van der Waals surface area contributed by atoms with Gasteiger partial charge in [0, 0.05) is 5.57 Å². The summed E-state index contributed by atoms with van der Waals surface area (Å²) in [5.41, 5.74) is 6.24. The van der Waals surface area contributed by atoms with Crippen molar-refractivity contribution in [2.75, 3.05) is 0 Å². The Balaban J connectivity index is 5.00. The molecule has 0 unspecified atom stereocenters. The highest BCUT2D eigenvalue weighted by molar-refractivity contribution is 5.51. The zero-order valence-corrected chi connectivity index (χ0v) is 7.46. The minimum absolute atomic E-state index is 0.00819. The third-order valence-corrected chi connectivity index (χ3v) is 1.58. The Bertz CT molecular complexity index is 310. The molecule has 0 fully saturated rings. The lowest BCUT2D eigenvalue weighted by Crippen LogP contribution is -2.17. The highest BCUT2D eigenvalue weighted by atomic mass is 16.3. The van der Waals surface area contributed by atoms with Crippen LogP contribution < -0.4 is 11.1 Å². The first kappa shape index (κ1) is 11.0. The van der Waals surface area contributed by atoms with Crippen LogP contribution in [0.5, 0.6) is 0 Å². The molecule has 0 bridgehead atoms. The highest BCUT2D eigenvalue weighted by Crippen LogP contribution is 2.10. The van der Waals surface area contributed by atoms with Gasteiger partial charge in [-0.1, -0.05) is 0 Å². The van der Waals surface area contributed by atoms with Crippen molar-refractivity contribution >= 4 is 6.41 Å². The third kappa shape index (κ3) is 2.87. The molecule has 0 atom stereocenters. The molecule has 70 valence electrons. The van der Waals surface area contributed by atoms with Crippen molar-refractivity contribution in [1.82, 2.24) is 5.32 Å². The van der Waals surface area contributed by atoms with E-state index in [4.69, 9.17) is 16.1 Å². The summed E-state index contributed by atoms with van der Waals surface area (Å²) in [6.07, 6.45) is 0.303. The molecule has 1 amide bonds. The van der Waals surface area contributed by atoms with Crippen LogP contribution in [0.25, 0.3) is 0 Å². The molecular formula is C8H11N3O2. The number of nitrogens with zero attached hydrogens (tertiary/aromatic N) is 1. The molecular weight excluding hydrogens is 170 g/mol. The molecule has 0 saturated carbocycles. The second-order valence-corrected chi connectivity index (χ2v) is 2.39. The van der Waals surface area contributed by atoms with Crippen LogP contribution in [0.2, 0.25) is 0 Å². The summed E-state index contributed by atoms with van der Waals surface area (Å²) in [5, 5.41) is 19.6. The number of allylic oxidation sites excluding steroid dienone is 2. The second-order valence-electron chi connectivity index (χ2n) is 2.39. The summed E-state index contributed by atoms with van der Waals surface area (Å²) in [6, 6.07) is 1.88. The summed E-state index contributed by atoms with van der Waals surface area (Å²) >= 11 is 0. The smallest absolute Gasteiger partial charge is 0.214 e. The van der Waals surface area contributed by atoms with Crippen molar-refractivity contribution in [2.24, 2.45) is 5.73 Å². The largest absolute Gasteiger partial charge is 0.493 e. The monoisotopic (exact) mass is 181 g/mol. The zero-order valence-electron chi connectivity index (χ0n) is 7.46. The normalized spacial score (nSPS) is 13.6. The Morgan fingerprint density at radius 1 is 1.62 bits per heavy atom. The lowest BCUT2D eigenvalue weighted by molar-refractivity contribution is -0.109. The topological polar surface area (TPSA) is 99.1 Å². The Labute approximate surface area is 76.2 Å². The summed E-state index contributed by atoms with van der Waals surface area (Å²) in [6.45, 7) is 3.15. The fraction of sp³-hybridized carbons (Fsp3) is 0.250. The van der Waals surface area contributed by atoms with Gasteiger partial charge in [0.25, 0.3) is 0 Å². The molecule has 0 aliphatic heterocycles. The number of carbonyl (C=O) groups excluding carboxylic acids is 1. The Kier molecular flexibility index (Phi) is 4.10. The van der Waals surface area contributed by atoms with Crippen molar-refractivity contribution in [1.29, 1.82) is 5.26 Å². The number of hydrogen-bond donors (Lipinski definition) is 3. The molecule has 0 heterocycles. The van der Waals surface area contributed by atoms with E-state index in [-0.39, 0.29) is 5.70 Å². The number of nitrogens with two attached hydrogens (primary N) is 1. The van der Waals surface area contributed by atoms with Gasteiger partial charge < -0.3 is 10.8 Å². The SMILES string of the molecule is C/C(C#N)=C(C)\C(N)=C(\O)NC=O. The van der Waals surface area contributed by atoms with Crippen LogP contribution in [0.3, 0.4) is 0 Å². The molecule has 0 saturated heterocycles. The van der Waals surface area contributed by atoms with E-state index in [1.54, 1.807) is 13.8 Å². The number of amides is 1.